The number of benzene rings is 1. The van der Waals surface area contributed by atoms with E-state index in [1.165, 1.54) is 12.1 Å². The molecule has 9 nitrogen and oxygen atoms in total. The summed E-state index contributed by atoms with van der Waals surface area (Å²) < 4.78 is 0. The Morgan fingerprint density at radius 1 is 1.08 bits per heavy atom. The maximum atomic E-state index is 12.2. The van der Waals surface area contributed by atoms with Crippen LogP contribution >= 0.6 is 0 Å². The molecule has 0 aliphatic carbocycles. The molecule has 9 heteroatoms. The number of nitrogens with one attached hydrogen (secondary N) is 1. The highest BCUT2D eigenvalue weighted by Gasteiger charge is 2.18. The summed E-state index contributed by atoms with van der Waals surface area (Å²) in [7, 11) is 0. The number of carboxylic acids is 2. The van der Waals surface area contributed by atoms with Crippen LogP contribution in [0.3, 0.4) is 0 Å². The van der Waals surface area contributed by atoms with E-state index in [0.29, 0.717) is 0 Å². The summed E-state index contributed by atoms with van der Waals surface area (Å²) in [4.78, 5) is 37.2. The number of carbonyl (C=O) groups is 3. The largest absolute Gasteiger partial charge is 0.508 e. The van der Waals surface area contributed by atoms with Gasteiger partial charge in [-0.1, -0.05) is 0 Å². The molecule has 0 radical (unpaired) electrons. The smallest absolute Gasteiger partial charge is 0.354 e. The third-order valence-electron chi connectivity index (χ3n) is 3.00. The number of aromatic carboxylic acids is 1. The molecule has 0 saturated heterocycles. The number of amides is 1. The third kappa shape index (κ3) is 3.77. The van der Waals surface area contributed by atoms with Gasteiger partial charge in [-0.05, 0) is 24.3 Å². The van der Waals surface area contributed by atoms with Crippen molar-refractivity contribution in [1.82, 2.24) is 4.98 Å². The van der Waals surface area contributed by atoms with Crippen molar-refractivity contribution in [3.05, 3.63) is 47.3 Å². The van der Waals surface area contributed by atoms with Crippen LogP contribution in [-0.2, 0) is 11.2 Å². The molecule has 0 fully saturated rings. The van der Waals surface area contributed by atoms with E-state index >= 15 is 0 Å². The first-order valence-corrected chi connectivity index (χ1v) is 6.55. The molecule has 1 heterocycles. The summed E-state index contributed by atoms with van der Waals surface area (Å²) in [6.45, 7) is 0. The summed E-state index contributed by atoms with van der Waals surface area (Å²) in [5, 5.41) is 39.5. The molecule has 0 aliphatic heterocycles. The van der Waals surface area contributed by atoms with Gasteiger partial charge in [-0.3, -0.25) is 9.59 Å². The number of hydrogen-bond acceptors (Lipinski definition) is 6. The molecule has 0 aliphatic rings. The average Bonchev–Trinajstić information content (AvgIpc) is 2.50. The second-order valence-corrected chi connectivity index (χ2v) is 4.76. The van der Waals surface area contributed by atoms with Crippen LogP contribution in [0.5, 0.6) is 11.5 Å². The molecule has 124 valence electrons. The fourth-order valence-electron chi connectivity index (χ4n) is 1.94. The molecule has 1 aromatic heterocycles. The average molecular weight is 332 g/mol. The Morgan fingerprint density at radius 3 is 2.33 bits per heavy atom. The van der Waals surface area contributed by atoms with Crippen LogP contribution in [0.2, 0.25) is 0 Å². The normalized spacial score (nSPS) is 10.2. The van der Waals surface area contributed by atoms with E-state index in [4.69, 9.17) is 10.2 Å². The Balaban J connectivity index is 2.27. The molecule has 0 saturated carbocycles. The van der Waals surface area contributed by atoms with Crippen molar-refractivity contribution in [2.75, 3.05) is 5.32 Å². The van der Waals surface area contributed by atoms with Crippen LogP contribution in [-0.4, -0.2) is 43.3 Å². The Kier molecular flexibility index (Phi) is 4.64. The predicted octanol–water partition coefficient (Wildman–Crippen LogP) is 1.07. The maximum Gasteiger partial charge on any atom is 0.354 e. The molecule has 0 spiro atoms. The zero-order chi connectivity index (χ0) is 17.9. The second-order valence-electron chi connectivity index (χ2n) is 4.76. The molecular formula is C15H12N2O7. The number of hydrogen-bond donors (Lipinski definition) is 5. The SMILES string of the molecule is O=C(O)Cc1cc(O)cc(C(=O)Nc2ccc(C(=O)O)nc2)c1O. The van der Waals surface area contributed by atoms with Crippen LogP contribution in [0, 0.1) is 0 Å². The number of carboxylic acid groups (broad SMARTS) is 2. The van der Waals surface area contributed by atoms with Crippen molar-refractivity contribution in [3.63, 3.8) is 0 Å². The van der Waals surface area contributed by atoms with Crippen molar-refractivity contribution in [3.8, 4) is 11.5 Å². The van der Waals surface area contributed by atoms with Crippen LogP contribution in [0.15, 0.2) is 30.5 Å². The summed E-state index contributed by atoms with van der Waals surface area (Å²) in [6.07, 6.45) is 0.536. The van der Waals surface area contributed by atoms with Gasteiger partial charge in [-0.25, -0.2) is 9.78 Å². The van der Waals surface area contributed by atoms with Gasteiger partial charge >= 0.3 is 11.9 Å². The fourth-order valence-corrected chi connectivity index (χ4v) is 1.94. The molecule has 2 aromatic rings. The second kappa shape index (κ2) is 6.65. The number of rotatable bonds is 5. The lowest BCUT2D eigenvalue weighted by molar-refractivity contribution is -0.136. The van der Waals surface area contributed by atoms with Gasteiger partial charge in [0.2, 0.25) is 0 Å². The molecule has 0 atom stereocenters. The van der Waals surface area contributed by atoms with E-state index in [1.54, 1.807) is 0 Å². The molecule has 5 N–H and O–H groups in total. The van der Waals surface area contributed by atoms with Crippen molar-refractivity contribution in [2.45, 2.75) is 6.42 Å². The number of phenolic OH excluding ortho intramolecular Hbond substituents is 2. The molecular weight excluding hydrogens is 320 g/mol. The van der Waals surface area contributed by atoms with Crippen LogP contribution in [0.25, 0.3) is 0 Å². The van der Waals surface area contributed by atoms with E-state index in [0.717, 1.165) is 18.3 Å². The van der Waals surface area contributed by atoms with E-state index in [1.807, 2.05) is 0 Å². The fraction of sp³-hybridized carbons (Fsp3) is 0.0667. The number of pyridine rings is 1. The van der Waals surface area contributed by atoms with Crippen LogP contribution < -0.4 is 5.32 Å². The molecule has 24 heavy (non-hydrogen) atoms. The first-order valence-electron chi connectivity index (χ1n) is 6.55. The van der Waals surface area contributed by atoms with Gasteiger partial charge in [-0.15, -0.1) is 0 Å². The van der Waals surface area contributed by atoms with Gasteiger partial charge in [0.15, 0.2) is 0 Å². The standard InChI is InChI=1S/C15H12N2O7/c18-9-3-7(4-12(19)20)13(21)10(5-9)14(22)17-8-1-2-11(15(23)24)16-6-8/h1-3,5-6,18,21H,4H2,(H,17,22)(H,19,20)(H,23,24). The molecule has 1 aromatic carbocycles. The van der Waals surface area contributed by atoms with Gasteiger partial charge in [0, 0.05) is 5.56 Å². The summed E-state index contributed by atoms with van der Waals surface area (Å²) in [6, 6.07) is 4.50. The van der Waals surface area contributed by atoms with Crippen molar-refractivity contribution in [1.29, 1.82) is 0 Å². The monoisotopic (exact) mass is 332 g/mol. The van der Waals surface area contributed by atoms with E-state index in [9.17, 15) is 24.6 Å². The van der Waals surface area contributed by atoms with Crippen LogP contribution in [0.1, 0.15) is 26.4 Å². The van der Waals surface area contributed by atoms with Crippen molar-refractivity contribution in [2.24, 2.45) is 0 Å². The Hall–Kier alpha value is -3.62. The van der Waals surface area contributed by atoms with E-state index < -0.39 is 30.0 Å². The minimum atomic E-state index is -1.24. The van der Waals surface area contributed by atoms with E-state index in [-0.39, 0.29) is 28.3 Å². The van der Waals surface area contributed by atoms with Crippen LogP contribution in [0.4, 0.5) is 5.69 Å². The number of carbonyl (C=O) groups excluding carboxylic acids is 1. The summed E-state index contributed by atoms with van der Waals surface area (Å²) >= 11 is 0. The highest BCUT2D eigenvalue weighted by molar-refractivity contribution is 6.06. The minimum absolute atomic E-state index is 0.119. The number of anilines is 1. The van der Waals surface area contributed by atoms with Gasteiger partial charge < -0.3 is 25.7 Å². The Bertz CT molecular complexity index is 815. The van der Waals surface area contributed by atoms with Gasteiger partial charge in [0.1, 0.15) is 17.2 Å². The number of aliphatic carboxylic acids is 1. The Morgan fingerprint density at radius 2 is 1.79 bits per heavy atom. The van der Waals surface area contributed by atoms with Crippen molar-refractivity contribution >= 4 is 23.5 Å². The Labute approximate surface area is 134 Å². The topological polar surface area (TPSA) is 157 Å². The highest BCUT2D eigenvalue weighted by Crippen LogP contribution is 2.29. The molecule has 0 unspecified atom stereocenters. The lowest BCUT2D eigenvalue weighted by Gasteiger charge is -2.10. The molecule has 1 amide bonds. The maximum absolute atomic E-state index is 12.2. The van der Waals surface area contributed by atoms with Gasteiger partial charge in [0.05, 0.1) is 23.9 Å². The van der Waals surface area contributed by atoms with Crippen molar-refractivity contribution < 1.29 is 34.8 Å². The quantitative estimate of drug-likeness (QED) is 0.509. The molecule has 0 bridgehead atoms. The number of phenols is 2. The first kappa shape index (κ1) is 16.7. The number of nitrogens with zero attached hydrogens (tertiary/aromatic N) is 1. The summed E-state index contributed by atoms with van der Waals surface area (Å²) in [5.74, 6) is -4.23. The first-order chi connectivity index (χ1) is 11.3. The zero-order valence-corrected chi connectivity index (χ0v) is 12.1. The van der Waals surface area contributed by atoms with Gasteiger partial charge in [0.25, 0.3) is 5.91 Å². The number of aromatic hydroxyl groups is 2. The minimum Gasteiger partial charge on any atom is -0.508 e. The zero-order valence-electron chi connectivity index (χ0n) is 12.1. The lowest BCUT2D eigenvalue weighted by atomic mass is 10.0. The lowest BCUT2D eigenvalue weighted by Crippen LogP contribution is -2.14. The number of aromatic nitrogens is 1. The van der Waals surface area contributed by atoms with E-state index in [2.05, 4.69) is 10.3 Å². The van der Waals surface area contributed by atoms with Gasteiger partial charge in [-0.2, -0.15) is 0 Å². The highest BCUT2D eigenvalue weighted by atomic mass is 16.4. The summed E-state index contributed by atoms with van der Waals surface area (Å²) in [5.41, 5.74) is -0.495. The predicted molar refractivity (Wildman–Crippen MR) is 80.3 cm³/mol. The third-order valence-corrected chi connectivity index (χ3v) is 3.00. The molecule has 2 rings (SSSR count).